The third-order valence-corrected chi connectivity index (χ3v) is 5.27. The fraction of sp³-hybridized carbons (Fsp3) is 0.211. The molecule has 0 aliphatic heterocycles. The maximum absolute atomic E-state index is 12.3. The molecule has 2 N–H and O–H groups in total. The summed E-state index contributed by atoms with van der Waals surface area (Å²) in [4.78, 5) is 36.4. The molecule has 0 bridgehead atoms. The van der Waals surface area contributed by atoms with E-state index in [0.717, 1.165) is 4.90 Å². The first-order chi connectivity index (χ1) is 13.2. The van der Waals surface area contributed by atoms with Gasteiger partial charge in [-0.15, -0.1) is 0 Å². The predicted octanol–water partition coefficient (Wildman–Crippen LogP) is 1.26. The minimum absolute atomic E-state index is 0.0604. The van der Waals surface area contributed by atoms with Crippen LogP contribution in [0.1, 0.15) is 17.3 Å². The Hall–Kier alpha value is -3.04. The van der Waals surface area contributed by atoms with Crippen LogP contribution in [-0.4, -0.2) is 51.1 Å². The third-order valence-electron chi connectivity index (χ3n) is 3.85. The number of nitrogens with one attached hydrogen (secondary N) is 2. The molecule has 0 aliphatic carbocycles. The zero-order valence-corrected chi connectivity index (χ0v) is 16.3. The van der Waals surface area contributed by atoms with Gasteiger partial charge in [-0.1, -0.05) is 30.3 Å². The standard InChI is InChI=1S/C19H21N3O5S/c1-14(23)15-8-10-17(11-9-15)28(26,27)20-12-19(25)22(2)13-18(24)21-16-6-4-3-5-7-16/h3-11,20H,12-13H2,1-2H3,(H,21,24). The van der Waals surface area contributed by atoms with Gasteiger partial charge >= 0.3 is 0 Å². The number of hydrogen-bond donors (Lipinski definition) is 2. The fourth-order valence-electron chi connectivity index (χ4n) is 2.27. The van der Waals surface area contributed by atoms with E-state index >= 15 is 0 Å². The highest BCUT2D eigenvalue weighted by Gasteiger charge is 2.19. The van der Waals surface area contributed by atoms with Crippen molar-refractivity contribution in [3.63, 3.8) is 0 Å². The van der Waals surface area contributed by atoms with Gasteiger partial charge in [-0.3, -0.25) is 14.4 Å². The molecule has 0 atom stereocenters. The molecule has 0 heterocycles. The molecule has 0 aliphatic rings. The Morgan fingerprint density at radius 3 is 2.14 bits per heavy atom. The van der Waals surface area contributed by atoms with Crippen LogP contribution in [0.3, 0.4) is 0 Å². The van der Waals surface area contributed by atoms with Crippen LogP contribution in [0, 0.1) is 0 Å². The number of amides is 2. The van der Waals surface area contributed by atoms with Gasteiger partial charge < -0.3 is 10.2 Å². The van der Waals surface area contributed by atoms with E-state index in [0.29, 0.717) is 11.3 Å². The molecule has 0 saturated heterocycles. The van der Waals surface area contributed by atoms with Gasteiger partial charge in [0.05, 0.1) is 18.0 Å². The van der Waals surface area contributed by atoms with Gasteiger partial charge in [-0.05, 0) is 31.2 Å². The molecule has 8 nitrogen and oxygen atoms in total. The Morgan fingerprint density at radius 1 is 0.964 bits per heavy atom. The third kappa shape index (κ3) is 6.00. The monoisotopic (exact) mass is 403 g/mol. The van der Waals surface area contributed by atoms with E-state index in [4.69, 9.17) is 0 Å². The Morgan fingerprint density at radius 2 is 1.57 bits per heavy atom. The number of nitrogens with zero attached hydrogens (tertiary/aromatic N) is 1. The number of carbonyl (C=O) groups is 3. The van der Waals surface area contributed by atoms with Gasteiger partial charge in [0.25, 0.3) is 0 Å². The maximum Gasteiger partial charge on any atom is 0.243 e. The molecule has 0 fully saturated rings. The molecule has 0 aromatic heterocycles. The summed E-state index contributed by atoms with van der Waals surface area (Å²) in [5.74, 6) is -1.14. The number of hydrogen-bond acceptors (Lipinski definition) is 5. The summed E-state index contributed by atoms with van der Waals surface area (Å²) >= 11 is 0. The van der Waals surface area contributed by atoms with Crippen LogP contribution in [-0.2, 0) is 19.6 Å². The number of carbonyl (C=O) groups excluding carboxylic acids is 3. The number of rotatable bonds is 8. The maximum atomic E-state index is 12.3. The molecule has 0 unspecified atom stereocenters. The van der Waals surface area contributed by atoms with Gasteiger partial charge in [0.2, 0.25) is 21.8 Å². The van der Waals surface area contributed by atoms with Crippen LogP contribution in [0.2, 0.25) is 0 Å². The SMILES string of the molecule is CC(=O)c1ccc(S(=O)(=O)NCC(=O)N(C)CC(=O)Nc2ccccc2)cc1. The molecule has 0 radical (unpaired) electrons. The van der Waals surface area contributed by atoms with Crippen molar-refractivity contribution >= 4 is 33.3 Å². The summed E-state index contributed by atoms with van der Waals surface area (Å²) in [6, 6.07) is 14.2. The van der Waals surface area contributed by atoms with Crippen LogP contribution in [0.4, 0.5) is 5.69 Å². The molecule has 2 amide bonds. The molecule has 9 heteroatoms. The lowest BCUT2D eigenvalue weighted by atomic mass is 10.2. The Bertz CT molecular complexity index is 957. The van der Waals surface area contributed by atoms with E-state index in [-0.39, 0.29) is 17.2 Å². The molecule has 2 rings (SSSR count). The molecule has 0 spiro atoms. The number of likely N-dealkylation sites (N-methyl/N-ethyl adjacent to an activating group) is 1. The number of ketones is 1. The second kappa shape index (κ2) is 9.25. The molecule has 28 heavy (non-hydrogen) atoms. The first-order valence-electron chi connectivity index (χ1n) is 8.38. The number of Topliss-reactive ketones (excluding diaryl/α,β-unsaturated/α-hetero) is 1. The molecule has 2 aromatic carbocycles. The average molecular weight is 403 g/mol. The minimum atomic E-state index is -3.92. The summed E-state index contributed by atoms with van der Waals surface area (Å²) in [5, 5.41) is 2.64. The zero-order valence-electron chi connectivity index (χ0n) is 15.5. The predicted molar refractivity (Wildman–Crippen MR) is 104 cm³/mol. The van der Waals surface area contributed by atoms with Crippen LogP contribution >= 0.6 is 0 Å². The summed E-state index contributed by atoms with van der Waals surface area (Å²) in [5.41, 5.74) is 0.988. The Labute approximate surface area is 163 Å². The van der Waals surface area contributed by atoms with Gasteiger partial charge in [0.1, 0.15) is 0 Å². The van der Waals surface area contributed by atoms with Crippen molar-refractivity contribution < 1.29 is 22.8 Å². The number of sulfonamides is 1. The normalized spacial score (nSPS) is 10.9. The van der Waals surface area contributed by atoms with Crippen molar-refractivity contribution in [1.82, 2.24) is 9.62 Å². The molecular formula is C19H21N3O5S. The van der Waals surface area contributed by atoms with Crippen LogP contribution < -0.4 is 10.0 Å². The largest absolute Gasteiger partial charge is 0.335 e. The number of para-hydroxylation sites is 1. The van der Waals surface area contributed by atoms with E-state index in [1.807, 2.05) is 6.07 Å². The van der Waals surface area contributed by atoms with E-state index < -0.39 is 28.4 Å². The van der Waals surface area contributed by atoms with Crippen molar-refractivity contribution in [3.05, 3.63) is 60.2 Å². The lowest BCUT2D eigenvalue weighted by Crippen LogP contribution is -2.41. The smallest absolute Gasteiger partial charge is 0.243 e. The van der Waals surface area contributed by atoms with E-state index in [9.17, 15) is 22.8 Å². The summed E-state index contributed by atoms with van der Waals surface area (Å²) in [6.07, 6.45) is 0. The van der Waals surface area contributed by atoms with Crippen molar-refractivity contribution in [3.8, 4) is 0 Å². The lowest BCUT2D eigenvalue weighted by molar-refractivity contribution is -0.132. The fourth-order valence-corrected chi connectivity index (χ4v) is 3.24. The van der Waals surface area contributed by atoms with Gasteiger partial charge in [-0.25, -0.2) is 13.1 Å². The van der Waals surface area contributed by atoms with Crippen molar-refractivity contribution in [2.45, 2.75) is 11.8 Å². The zero-order chi connectivity index (χ0) is 20.7. The Kier molecular flexibility index (Phi) is 7.02. The quantitative estimate of drug-likeness (QED) is 0.645. The molecule has 2 aromatic rings. The van der Waals surface area contributed by atoms with E-state index in [1.165, 1.54) is 38.2 Å². The van der Waals surface area contributed by atoms with Crippen molar-refractivity contribution in [1.29, 1.82) is 0 Å². The van der Waals surface area contributed by atoms with E-state index in [1.54, 1.807) is 24.3 Å². The van der Waals surface area contributed by atoms with E-state index in [2.05, 4.69) is 10.0 Å². The second-order valence-electron chi connectivity index (χ2n) is 6.07. The second-order valence-corrected chi connectivity index (χ2v) is 7.84. The average Bonchev–Trinajstić information content (AvgIpc) is 2.66. The highest BCUT2D eigenvalue weighted by atomic mass is 32.2. The molecule has 0 saturated carbocycles. The molecule has 148 valence electrons. The first-order valence-corrected chi connectivity index (χ1v) is 9.87. The minimum Gasteiger partial charge on any atom is -0.335 e. The van der Waals surface area contributed by atoms with Crippen molar-refractivity contribution in [2.75, 3.05) is 25.5 Å². The molecular weight excluding hydrogens is 382 g/mol. The number of anilines is 1. The van der Waals surface area contributed by atoms with Crippen LogP contribution in [0.15, 0.2) is 59.5 Å². The van der Waals surface area contributed by atoms with Crippen molar-refractivity contribution in [2.24, 2.45) is 0 Å². The van der Waals surface area contributed by atoms with Gasteiger partial charge in [0.15, 0.2) is 5.78 Å². The number of benzene rings is 2. The first kappa shape index (κ1) is 21.3. The summed E-state index contributed by atoms with van der Waals surface area (Å²) < 4.78 is 26.7. The van der Waals surface area contributed by atoms with Gasteiger partial charge in [-0.2, -0.15) is 0 Å². The summed E-state index contributed by atoms with van der Waals surface area (Å²) in [6.45, 7) is 0.666. The summed E-state index contributed by atoms with van der Waals surface area (Å²) in [7, 11) is -2.51. The van der Waals surface area contributed by atoms with Crippen LogP contribution in [0.5, 0.6) is 0 Å². The highest BCUT2D eigenvalue weighted by Crippen LogP contribution is 2.11. The highest BCUT2D eigenvalue weighted by molar-refractivity contribution is 7.89. The Balaban J connectivity index is 1.89. The van der Waals surface area contributed by atoms with Gasteiger partial charge in [0, 0.05) is 18.3 Å². The van der Waals surface area contributed by atoms with Crippen LogP contribution in [0.25, 0.3) is 0 Å². The lowest BCUT2D eigenvalue weighted by Gasteiger charge is -2.17. The topological polar surface area (TPSA) is 113 Å².